The Hall–Kier alpha value is -2.63. The van der Waals surface area contributed by atoms with Gasteiger partial charge < -0.3 is 9.72 Å². The molecule has 3 aromatic rings. The van der Waals surface area contributed by atoms with E-state index in [4.69, 9.17) is 0 Å². The van der Waals surface area contributed by atoms with Gasteiger partial charge >= 0.3 is 0 Å². The van der Waals surface area contributed by atoms with Crippen molar-refractivity contribution in [1.82, 2.24) is 24.5 Å². The summed E-state index contributed by atoms with van der Waals surface area (Å²) in [5.41, 5.74) is 3.24. The molecule has 0 unspecified atom stereocenters. The van der Waals surface area contributed by atoms with Gasteiger partial charge in [0, 0.05) is 18.7 Å². The van der Waals surface area contributed by atoms with Crippen LogP contribution in [-0.4, -0.2) is 25.1 Å². The number of pyridine rings is 1. The van der Waals surface area contributed by atoms with E-state index in [0.29, 0.717) is 12.2 Å². The third-order valence-corrected chi connectivity index (χ3v) is 4.10. The minimum atomic E-state index is -0.143. The van der Waals surface area contributed by atoms with Crippen LogP contribution in [0.15, 0.2) is 30.5 Å². The fourth-order valence-electron chi connectivity index (χ4n) is 2.70. The number of aromatic nitrogens is 4. The molecule has 6 nitrogen and oxygen atoms in total. The fourth-order valence-corrected chi connectivity index (χ4v) is 2.70. The van der Waals surface area contributed by atoms with Gasteiger partial charge in [-0.05, 0) is 25.1 Å². The van der Waals surface area contributed by atoms with Crippen molar-refractivity contribution in [1.29, 1.82) is 0 Å². The van der Waals surface area contributed by atoms with E-state index < -0.39 is 0 Å². The molecule has 6 heteroatoms. The van der Waals surface area contributed by atoms with Crippen LogP contribution in [0, 0.1) is 6.92 Å². The van der Waals surface area contributed by atoms with Gasteiger partial charge in [0.05, 0.1) is 23.4 Å². The summed E-state index contributed by atoms with van der Waals surface area (Å²) in [6, 6.07) is 7.79. The molecule has 0 aliphatic carbocycles. The van der Waals surface area contributed by atoms with Crippen LogP contribution in [0.5, 0.6) is 0 Å². The van der Waals surface area contributed by atoms with E-state index in [-0.39, 0.29) is 11.3 Å². The second kappa shape index (κ2) is 5.78. The number of imidazole rings is 1. The average molecular weight is 325 g/mol. The van der Waals surface area contributed by atoms with E-state index >= 15 is 0 Å². The van der Waals surface area contributed by atoms with E-state index in [2.05, 4.69) is 36.2 Å². The van der Waals surface area contributed by atoms with Crippen LogP contribution in [0.2, 0.25) is 0 Å². The molecule has 1 N–H and O–H groups in total. The zero-order valence-corrected chi connectivity index (χ0v) is 14.8. The molecule has 0 spiro atoms. The number of hydrogen-bond acceptors (Lipinski definition) is 3. The molecule has 0 aliphatic heterocycles. The Labute approximate surface area is 141 Å². The smallest absolute Gasteiger partial charge is 0.269 e. The monoisotopic (exact) mass is 325 g/mol. The Morgan fingerprint density at radius 1 is 1.29 bits per heavy atom. The first-order chi connectivity index (χ1) is 11.3. The average Bonchev–Trinajstić information content (AvgIpc) is 3.06. The maximum absolute atomic E-state index is 12.5. The molecule has 1 amide bonds. The van der Waals surface area contributed by atoms with Crippen molar-refractivity contribution in [2.24, 2.45) is 7.05 Å². The Morgan fingerprint density at radius 3 is 2.71 bits per heavy atom. The van der Waals surface area contributed by atoms with E-state index in [1.807, 2.05) is 41.8 Å². The molecule has 3 rings (SSSR count). The van der Waals surface area contributed by atoms with E-state index in [9.17, 15) is 4.79 Å². The zero-order chi connectivity index (χ0) is 17.5. The van der Waals surface area contributed by atoms with Gasteiger partial charge in [0.2, 0.25) is 0 Å². The van der Waals surface area contributed by atoms with Gasteiger partial charge in [-0.15, -0.1) is 0 Å². The Morgan fingerprint density at radius 2 is 2.04 bits per heavy atom. The summed E-state index contributed by atoms with van der Waals surface area (Å²) in [4.78, 5) is 17.1. The highest BCUT2D eigenvalue weighted by Crippen LogP contribution is 2.21. The molecule has 3 aromatic heterocycles. The number of nitrogens with zero attached hydrogens (tertiary/aromatic N) is 4. The van der Waals surface area contributed by atoms with Gasteiger partial charge in [-0.3, -0.25) is 9.48 Å². The molecule has 0 aliphatic rings. The number of carbonyl (C=O) groups excluding carboxylic acids is 1. The van der Waals surface area contributed by atoms with Crippen LogP contribution in [0.4, 0.5) is 0 Å². The second-order valence-electron chi connectivity index (χ2n) is 7.03. The summed E-state index contributed by atoms with van der Waals surface area (Å²) in [6.07, 6.45) is 1.97. The summed E-state index contributed by atoms with van der Waals surface area (Å²) in [6.45, 7) is 8.58. The second-order valence-corrected chi connectivity index (χ2v) is 7.03. The van der Waals surface area contributed by atoms with Crippen molar-refractivity contribution in [2.75, 3.05) is 0 Å². The summed E-state index contributed by atoms with van der Waals surface area (Å²) >= 11 is 0. The largest absolute Gasteiger partial charge is 0.345 e. The predicted molar refractivity (Wildman–Crippen MR) is 93.0 cm³/mol. The summed E-state index contributed by atoms with van der Waals surface area (Å²) in [7, 11) is 1.79. The fraction of sp³-hybridized carbons (Fsp3) is 0.389. The molecule has 3 heterocycles. The predicted octanol–water partition coefficient (Wildman–Crippen LogP) is 2.60. The molecule has 24 heavy (non-hydrogen) atoms. The standard InChI is InChI=1S/C18H23N5O/c1-12-20-13(14-8-6-7-9-23(12)14)11-19-17(24)15-10-16(18(2,3)4)21-22(15)5/h6-10H,11H2,1-5H3,(H,19,24). The molecule has 0 saturated heterocycles. The van der Waals surface area contributed by atoms with Crippen molar-refractivity contribution in [2.45, 2.75) is 39.7 Å². The molecule has 0 saturated carbocycles. The molecule has 0 aromatic carbocycles. The van der Waals surface area contributed by atoms with Crippen molar-refractivity contribution in [3.63, 3.8) is 0 Å². The first-order valence-corrected chi connectivity index (χ1v) is 8.02. The van der Waals surface area contributed by atoms with Crippen molar-refractivity contribution in [3.05, 3.63) is 53.4 Å². The Balaban J connectivity index is 1.79. The number of amides is 1. The van der Waals surface area contributed by atoms with E-state index in [1.165, 1.54) is 0 Å². The number of hydrogen-bond donors (Lipinski definition) is 1. The quantitative estimate of drug-likeness (QED) is 0.805. The van der Waals surface area contributed by atoms with E-state index in [1.54, 1.807) is 11.7 Å². The third kappa shape index (κ3) is 2.91. The number of nitrogens with one attached hydrogen (secondary N) is 1. The van der Waals surface area contributed by atoms with Crippen molar-refractivity contribution in [3.8, 4) is 0 Å². The van der Waals surface area contributed by atoms with Crippen molar-refractivity contribution >= 4 is 11.4 Å². The van der Waals surface area contributed by atoms with Crippen LogP contribution < -0.4 is 5.32 Å². The molecule has 0 atom stereocenters. The lowest BCUT2D eigenvalue weighted by molar-refractivity contribution is 0.0941. The van der Waals surface area contributed by atoms with Crippen LogP contribution in [0.3, 0.4) is 0 Å². The Kier molecular flexibility index (Phi) is 3.91. The first kappa shape index (κ1) is 16.2. The van der Waals surface area contributed by atoms with Crippen LogP contribution in [0.1, 0.15) is 48.5 Å². The third-order valence-electron chi connectivity index (χ3n) is 4.10. The highest BCUT2D eigenvalue weighted by Gasteiger charge is 2.21. The lowest BCUT2D eigenvalue weighted by Gasteiger charge is -2.13. The molecular formula is C18H23N5O. The molecule has 0 fully saturated rings. The number of carbonyl (C=O) groups is 1. The normalized spacial score (nSPS) is 11.9. The van der Waals surface area contributed by atoms with Gasteiger partial charge in [0.1, 0.15) is 11.5 Å². The lowest BCUT2D eigenvalue weighted by atomic mass is 9.92. The van der Waals surface area contributed by atoms with Gasteiger partial charge in [-0.1, -0.05) is 26.8 Å². The van der Waals surface area contributed by atoms with Crippen LogP contribution in [-0.2, 0) is 19.0 Å². The highest BCUT2D eigenvalue weighted by atomic mass is 16.2. The topological polar surface area (TPSA) is 64.2 Å². The van der Waals surface area contributed by atoms with Gasteiger partial charge in [-0.2, -0.15) is 5.10 Å². The van der Waals surface area contributed by atoms with Crippen molar-refractivity contribution < 1.29 is 4.79 Å². The molecule has 126 valence electrons. The highest BCUT2D eigenvalue weighted by molar-refractivity contribution is 5.92. The van der Waals surface area contributed by atoms with Gasteiger partial charge in [-0.25, -0.2) is 4.98 Å². The summed E-state index contributed by atoms with van der Waals surface area (Å²) in [5, 5.41) is 7.40. The SMILES string of the molecule is Cc1nc(CNC(=O)c2cc(C(C)(C)C)nn2C)c2ccccn12. The minimum absolute atomic E-state index is 0.0898. The minimum Gasteiger partial charge on any atom is -0.345 e. The maximum Gasteiger partial charge on any atom is 0.269 e. The van der Waals surface area contributed by atoms with E-state index in [0.717, 1.165) is 22.7 Å². The number of rotatable bonds is 3. The summed E-state index contributed by atoms with van der Waals surface area (Å²) in [5.74, 6) is 0.764. The first-order valence-electron chi connectivity index (χ1n) is 8.02. The van der Waals surface area contributed by atoms with Crippen LogP contribution in [0.25, 0.3) is 5.52 Å². The molecular weight excluding hydrogens is 302 g/mol. The zero-order valence-electron chi connectivity index (χ0n) is 14.8. The number of aryl methyl sites for hydroxylation is 2. The maximum atomic E-state index is 12.5. The number of fused-ring (bicyclic) bond motifs is 1. The van der Waals surface area contributed by atoms with Gasteiger partial charge in [0.25, 0.3) is 5.91 Å². The molecule has 0 bridgehead atoms. The van der Waals surface area contributed by atoms with Crippen LogP contribution >= 0.6 is 0 Å². The van der Waals surface area contributed by atoms with Gasteiger partial charge in [0.15, 0.2) is 0 Å². The lowest BCUT2D eigenvalue weighted by Crippen LogP contribution is -2.25. The Bertz CT molecular complexity index is 898. The summed E-state index contributed by atoms with van der Waals surface area (Å²) < 4.78 is 3.65. The molecule has 0 radical (unpaired) electrons.